The summed E-state index contributed by atoms with van der Waals surface area (Å²) in [5.41, 5.74) is 0.792. The number of halogens is 2. The number of ether oxygens (including phenoxy) is 1. The summed E-state index contributed by atoms with van der Waals surface area (Å²) >= 11 is 11.8. The SMILES string of the molecule is COc1ccccc1-n1cc(C=O)c(Cl)c(CCCl)c1=O. The highest BCUT2D eigenvalue weighted by molar-refractivity contribution is 6.33. The molecule has 0 spiro atoms. The van der Waals surface area contributed by atoms with E-state index in [1.165, 1.54) is 17.9 Å². The molecule has 0 amide bonds. The van der Waals surface area contributed by atoms with Crippen LogP contribution in [0.2, 0.25) is 5.02 Å². The van der Waals surface area contributed by atoms with Gasteiger partial charge in [-0.1, -0.05) is 23.7 Å². The molecule has 4 nitrogen and oxygen atoms in total. The number of methoxy groups -OCH3 is 1. The van der Waals surface area contributed by atoms with E-state index < -0.39 is 0 Å². The average Bonchev–Trinajstić information content (AvgIpc) is 2.52. The Balaban J connectivity index is 2.77. The van der Waals surface area contributed by atoms with E-state index in [2.05, 4.69) is 0 Å². The highest BCUT2D eigenvalue weighted by Gasteiger charge is 2.16. The molecule has 1 aromatic heterocycles. The van der Waals surface area contributed by atoms with Gasteiger partial charge in [0.25, 0.3) is 5.56 Å². The molecule has 0 atom stereocenters. The first-order valence-corrected chi connectivity index (χ1v) is 7.13. The van der Waals surface area contributed by atoms with Crippen LogP contribution < -0.4 is 10.3 Å². The Kier molecular flexibility index (Phi) is 5.04. The zero-order valence-electron chi connectivity index (χ0n) is 11.3. The van der Waals surface area contributed by atoms with Crippen molar-refractivity contribution in [1.29, 1.82) is 0 Å². The summed E-state index contributed by atoms with van der Waals surface area (Å²) < 4.78 is 6.61. The Morgan fingerprint density at radius 2 is 2.05 bits per heavy atom. The Bertz CT molecular complexity index is 725. The van der Waals surface area contributed by atoms with Gasteiger partial charge >= 0.3 is 0 Å². The fourth-order valence-corrected chi connectivity index (χ4v) is 2.53. The van der Waals surface area contributed by atoms with Crippen molar-refractivity contribution in [3.8, 4) is 11.4 Å². The number of aldehydes is 1. The van der Waals surface area contributed by atoms with E-state index in [9.17, 15) is 9.59 Å². The quantitative estimate of drug-likeness (QED) is 0.627. The minimum atomic E-state index is -0.309. The number of aromatic nitrogens is 1. The van der Waals surface area contributed by atoms with E-state index in [4.69, 9.17) is 27.9 Å². The van der Waals surface area contributed by atoms with Gasteiger partial charge in [-0.15, -0.1) is 11.6 Å². The van der Waals surface area contributed by atoms with Crippen molar-refractivity contribution >= 4 is 29.5 Å². The summed E-state index contributed by atoms with van der Waals surface area (Å²) in [4.78, 5) is 23.7. The van der Waals surface area contributed by atoms with E-state index in [0.717, 1.165) is 0 Å². The zero-order chi connectivity index (χ0) is 15.4. The van der Waals surface area contributed by atoms with E-state index in [1.54, 1.807) is 24.3 Å². The van der Waals surface area contributed by atoms with Gasteiger partial charge in [0, 0.05) is 17.6 Å². The maximum Gasteiger partial charge on any atom is 0.259 e. The van der Waals surface area contributed by atoms with Crippen LogP contribution >= 0.6 is 23.2 Å². The largest absolute Gasteiger partial charge is 0.495 e. The highest BCUT2D eigenvalue weighted by Crippen LogP contribution is 2.24. The van der Waals surface area contributed by atoms with Crippen LogP contribution in [-0.4, -0.2) is 23.8 Å². The van der Waals surface area contributed by atoms with Crippen molar-refractivity contribution < 1.29 is 9.53 Å². The van der Waals surface area contributed by atoms with Crippen molar-refractivity contribution in [1.82, 2.24) is 4.57 Å². The molecule has 0 unspecified atom stereocenters. The van der Waals surface area contributed by atoms with E-state index >= 15 is 0 Å². The number of hydrogen-bond donors (Lipinski definition) is 0. The third-order valence-corrected chi connectivity index (χ3v) is 3.72. The molecule has 6 heteroatoms. The molecule has 1 heterocycles. The number of pyridine rings is 1. The fraction of sp³-hybridized carbons (Fsp3) is 0.200. The maximum atomic E-state index is 12.6. The van der Waals surface area contributed by atoms with Crippen molar-refractivity contribution in [2.45, 2.75) is 6.42 Å². The van der Waals surface area contributed by atoms with Crippen LogP contribution in [0.15, 0.2) is 35.3 Å². The number of nitrogens with zero attached hydrogens (tertiary/aromatic N) is 1. The van der Waals surface area contributed by atoms with Gasteiger partial charge in [0.15, 0.2) is 6.29 Å². The molecule has 0 fully saturated rings. The van der Waals surface area contributed by atoms with Gasteiger partial charge < -0.3 is 4.74 Å². The lowest BCUT2D eigenvalue weighted by Crippen LogP contribution is -2.24. The standard InChI is InChI=1S/C15H13Cl2NO3/c1-21-13-5-3-2-4-12(13)18-8-10(9-19)14(17)11(6-7-16)15(18)20/h2-5,8-9H,6-7H2,1H3. The number of carbonyl (C=O) groups excluding carboxylic acids is 1. The van der Waals surface area contributed by atoms with Gasteiger partial charge in [-0.05, 0) is 18.6 Å². The van der Waals surface area contributed by atoms with E-state index in [0.29, 0.717) is 23.3 Å². The number of benzene rings is 1. The smallest absolute Gasteiger partial charge is 0.259 e. The first-order valence-electron chi connectivity index (χ1n) is 6.22. The van der Waals surface area contributed by atoms with Crippen LogP contribution in [0.4, 0.5) is 0 Å². The summed E-state index contributed by atoms with van der Waals surface area (Å²) in [5.74, 6) is 0.763. The molecular weight excluding hydrogens is 313 g/mol. The lowest BCUT2D eigenvalue weighted by Gasteiger charge is -2.14. The predicted octanol–water partition coefficient (Wildman–Crippen LogP) is 3.09. The molecule has 0 radical (unpaired) electrons. The summed E-state index contributed by atoms with van der Waals surface area (Å²) in [6.45, 7) is 0. The molecule has 0 bridgehead atoms. The molecule has 0 aliphatic rings. The second kappa shape index (κ2) is 6.78. The number of carbonyl (C=O) groups is 1. The summed E-state index contributed by atoms with van der Waals surface area (Å²) in [7, 11) is 1.51. The third-order valence-electron chi connectivity index (χ3n) is 3.08. The zero-order valence-corrected chi connectivity index (χ0v) is 12.8. The number of para-hydroxylation sites is 2. The molecule has 1 aromatic carbocycles. The van der Waals surface area contributed by atoms with Gasteiger partial charge in [0.2, 0.25) is 0 Å². The molecule has 2 rings (SSSR count). The minimum Gasteiger partial charge on any atom is -0.495 e. The van der Waals surface area contributed by atoms with Crippen molar-refractivity contribution in [2.75, 3.05) is 13.0 Å². The van der Waals surface area contributed by atoms with Gasteiger partial charge in [0.05, 0.1) is 23.4 Å². The van der Waals surface area contributed by atoms with Gasteiger partial charge in [-0.25, -0.2) is 0 Å². The number of alkyl halides is 1. The van der Waals surface area contributed by atoms with Crippen molar-refractivity contribution in [3.05, 3.63) is 57.0 Å². The first kappa shape index (κ1) is 15.6. The Morgan fingerprint density at radius 1 is 1.33 bits per heavy atom. The Hall–Kier alpha value is -1.78. The second-order valence-electron chi connectivity index (χ2n) is 4.28. The number of hydrogen-bond acceptors (Lipinski definition) is 3. The fourth-order valence-electron chi connectivity index (χ4n) is 2.07. The van der Waals surface area contributed by atoms with Crippen LogP contribution in [0.25, 0.3) is 5.69 Å². The van der Waals surface area contributed by atoms with Crippen LogP contribution in [0.5, 0.6) is 5.75 Å². The molecule has 0 saturated carbocycles. The molecule has 0 saturated heterocycles. The van der Waals surface area contributed by atoms with Crippen LogP contribution in [-0.2, 0) is 6.42 Å². The molecule has 2 aromatic rings. The van der Waals surface area contributed by atoms with E-state index in [1.807, 2.05) is 0 Å². The van der Waals surface area contributed by atoms with E-state index in [-0.39, 0.29) is 28.4 Å². The monoisotopic (exact) mass is 325 g/mol. The normalized spacial score (nSPS) is 10.4. The molecule has 21 heavy (non-hydrogen) atoms. The van der Waals surface area contributed by atoms with Gasteiger partial charge in [-0.2, -0.15) is 0 Å². The molecule has 0 aliphatic heterocycles. The topological polar surface area (TPSA) is 48.3 Å². The summed E-state index contributed by atoms with van der Waals surface area (Å²) in [6.07, 6.45) is 2.31. The minimum absolute atomic E-state index is 0.154. The highest BCUT2D eigenvalue weighted by atomic mass is 35.5. The maximum absolute atomic E-state index is 12.6. The lowest BCUT2D eigenvalue weighted by atomic mass is 10.1. The third kappa shape index (κ3) is 2.96. The second-order valence-corrected chi connectivity index (χ2v) is 5.04. The van der Waals surface area contributed by atoms with Gasteiger partial charge in [-0.3, -0.25) is 14.2 Å². The first-order chi connectivity index (χ1) is 10.1. The Morgan fingerprint density at radius 3 is 2.67 bits per heavy atom. The average molecular weight is 326 g/mol. The summed E-state index contributed by atoms with van der Waals surface area (Å²) in [6, 6.07) is 7.04. The predicted molar refractivity (Wildman–Crippen MR) is 83.4 cm³/mol. The Labute approximate surface area is 131 Å². The lowest BCUT2D eigenvalue weighted by molar-refractivity contribution is 0.112. The van der Waals surface area contributed by atoms with Crippen LogP contribution in [0.3, 0.4) is 0 Å². The molecule has 0 N–H and O–H groups in total. The molecule has 110 valence electrons. The summed E-state index contributed by atoms with van der Waals surface area (Å²) in [5, 5.41) is 0.154. The molecule has 0 aliphatic carbocycles. The van der Waals surface area contributed by atoms with Crippen molar-refractivity contribution in [2.24, 2.45) is 0 Å². The molecular formula is C15H13Cl2NO3. The van der Waals surface area contributed by atoms with Gasteiger partial charge in [0.1, 0.15) is 5.75 Å². The van der Waals surface area contributed by atoms with Crippen LogP contribution in [0.1, 0.15) is 15.9 Å². The number of rotatable bonds is 5. The van der Waals surface area contributed by atoms with Crippen molar-refractivity contribution in [3.63, 3.8) is 0 Å². The van der Waals surface area contributed by atoms with Crippen LogP contribution in [0, 0.1) is 0 Å².